The molecule has 6 aromatic carbocycles. The molecule has 2 atom stereocenters. The van der Waals surface area contributed by atoms with E-state index in [4.69, 9.17) is 0 Å². The van der Waals surface area contributed by atoms with Crippen LogP contribution in [0.15, 0.2) is 164 Å². The summed E-state index contributed by atoms with van der Waals surface area (Å²) < 4.78 is 2.46. The molecule has 0 saturated carbocycles. The Morgan fingerprint density at radius 2 is 1.11 bits per heavy atom. The molecule has 7 aromatic rings. The largest absolute Gasteiger partial charge is 0.333 e. The van der Waals surface area contributed by atoms with Crippen molar-refractivity contribution in [3.05, 3.63) is 181 Å². The molecule has 208 valence electrons. The normalized spacial score (nSPS) is 16.5. The van der Waals surface area contributed by atoms with E-state index in [2.05, 4.69) is 179 Å². The lowest BCUT2D eigenvalue weighted by Crippen LogP contribution is -2.30. The summed E-state index contributed by atoms with van der Waals surface area (Å²) in [6.07, 6.45) is 4.79. The second kappa shape index (κ2) is 10.00. The van der Waals surface area contributed by atoms with Gasteiger partial charge in [-0.2, -0.15) is 0 Å². The van der Waals surface area contributed by atoms with Gasteiger partial charge in [0, 0.05) is 28.4 Å². The van der Waals surface area contributed by atoms with Gasteiger partial charge < -0.3 is 9.47 Å². The molecule has 0 bridgehead atoms. The quantitative estimate of drug-likeness (QED) is 0.207. The summed E-state index contributed by atoms with van der Waals surface area (Å²) >= 11 is 0. The van der Waals surface area contributed by atoms with E-state index >= 15 is 0 Å². The maximum absolute atomic E-state index is 2.54. The van der Waals surface area contributed by atoms with Gasteiger partial charge in [0.15, 0.2) is 0 Å². The number of nitrogens with zero attached hydrogens (tertiary/aromatic N) is 2. The summed E-state index contributed by atoms with van der Waals surface area (Å²) in [4.78, 5) is 2.54. The molecule has 0 amide bonds. The summed E-state index contributed by atoms with van der Waals surface area (Å²) in [5, 5.41) is 1.32. The first-order chi connectivity index (χ1) is 21.8. The van der Waals surface area contributed by atoms with E-state index in [0.29, 0.717) is 0 Å². The average molecular weight is 563 g/mol. The monoisotopic (exact) mass is 562 g/mol. The Bertz CT molecular complexity index is 2170. The topological polar surface area (TPSA) is 8.17 Å². The zero-order valence-corrected chi connectivity index (χ0v) is 24.2. The van der Waals surface area contributed by atoms with Crippen molar-refractivity contribution in [2.24, 2.45) is 0 Å². The first-order valence-corrected chi connectivity index (χ1v) is 15.4. The fraction of sp³-hybridized carbons (Fsp3) is 0.0476. The predicted octanol–water partition coefficient (Wildman–Crippen LogP) is 10.6. The molecule has 2 unspecified atom stereocenters. The number of para-hydroxylation sites is 2. The number of aromatic nitrogens is 1. The van der Waals surface area contributed by atoms with E-state index in [0.717, 1.165) is 0 Å². The summed E-state index contributed by atoms with van der Waals surface area (Å²) in [6.45, 7) is 0. The molecule has 0 radical (unpaired) electrons. The minimum absolute atomic E-state index is 0.192. The lowest BCUT2D eigenvalue weighted by Gasteiger charge is -2.31. The number of hydrogen-bond donors (Lipinski definition) is 0. The zero-order chi connectivity index (χ0) is 29.0. The standard InChI is InChI=1S/C42H30N2/c1-3-12-29(13-4-1)31-22-24-33(25-23-31)43-37-20-9-7-18-35(37)41-39(43)26-27-40-42(41)36-19-8-10-21-38(36)44(40)34-17-11-16-32(28-34)30-14-5-2-6-15-30/h1-28,39,41H. The van der Waals surface area contributed by atoms with Gasteiger partial charge in [0.25, 0.3) is 0 Å². The van der Waals surface area contributed by atoms with Gasteiger partial charge in [-0.3, -0.25) is 0 Å². The van der Waals surface area contributed by atoms with Gasteiger partial charge in [-0.1, -0.05) is 127 Å². The third-order valence-electron chi connectivity index (χ3n) is 9.35. The third kappa shape index (κ3) is 3.81. The molecule has 0 N–H and O–H groups in total. The minimum atomic E-state index is 0.192. The zero-order valence-electron chi connectivity index (χ0n) is 24.2. The Morgan fingerprint density at radius 1 is 0.477 bits per heavy atom. The van der Waals surface area contributed by atoms with Crippen molar-refractivity contribution in [3.8, 4) is 27.9 Å². The van der Waals surface area contributed by atoms with Gasteiger partial charge in [-0.25, -0.2) is 0 Å². The Morgan fingerprint density at radius 3 is 1.91 bits per heavy atom. The lowest BCUT2D eigenvalue weighted by molar-refractivity contribution is 0.725. The molecule has 1 aromatic heterocycles. The summed E-state index contributed by atoms with van der Waals surface area (Å²) in [6, 6.07) is 57.4. The van der Waals surface area contributed by atoms with E-state index in [-0.39, 0.29) is 12.0 Å². The van der Waals surface area contributed by atoms with Crippen molar-refractivity contribution in [1.29, 1.82) is 0 Å². The van der Waals surface area contributed by atoms with Crippen LogP contribution in [-0.4, -0.2) is 10.6 Å². The van der Waals surface area contributed by atoms with E-state index in [9.17, 15) is 0 Å². The number of hydrogen-bond acceptors (Lipinski definition) is 1. The maximum atomic E-state index is 2.54. The van der Waals surface area contributed by atoms with Crippen LogP contribution in [-0.2, 0) is 0 Å². The van der Waals surface area contributed by atoms with Gasteiger partial charge >= 0.3 is 0 Å². The molecule has 2 nitrogen and oxygen atoms in total. The highest BCUT2D eigenvalue weighted by Gasteiger charge is 2.43. The Hall–Kier alpha value is -5.60. The highest BCUT2D eigenvalue weighted by Crippen LogP contribution is 2.53. The molecular formula is C42H30N2. The molecule has 0 saturated heterocycles. The van der Waals surface area contributed by atoms with Gasteiger partial charge in [-0.15, -0.1) is 0 Å². The van der Waals surface area contributed by atoms with E-state index < -0.39 is 0 Å². The number of fused-ring (bicyclic) bond motifs is 7. The van der Waals surface area contributed by atoms with Crippen LogP contribution >= 0.6 is 0 Å². The third-order valence-corrected chi connectivity index (χ3v) is 9.35. The van der Waals surface area contributed by atoms with Crippen LogP contribution in [0.1, 0.15) is 22.7 Å². The molecule has 1 aliphatic heterocycles. The fourth-order valence-electron chi connectivity index (χ4n) is 7.44. The second-order valence-corrected chi connectivity index (χ2v) is 11.7. The molecule has 9 rings (SSSR count). The summed E-state index contributed by atoms with van der Waals surface area (Å²) in [7, 11) is 0. The van der Waals surface area contributed by atoms with Crippen LogP contribution in [0.5, 0.6) is 0 Å². The second-order valence-electron chi connectivity index (χ2n) is 11.7. The summed E-state index contributed by atoms with van der Waals surface area (Å²) in [5.41, 5.74) is 13.9. The molecular weight excluding hydrogens is 532 g/mol. The molecule has 0 fully saturated rings. The number of benzene rings is 6. The maximum Gasteiger partial charge on any atom is 0.0637 e. The van der Waals surface area contributed by atoms with Crippen LogP contribution in [0, 0.1) is 0 Å². The van der Waals surface area contributed by atoms with Gasteiger partial charge in [-0.05, 0) is 75.9 Å². The predicted molar refractivity (Wildman–Crippen MR) is 184 cm³/mol. The molecule has 0 spiro atoms. The van der Waals surface area contributed by atoms with Crippen LogP contribution in [0.3, 0.4) is 0 Å². The molecule has 1 aliphatic carbocycles. The van der Waals surface area contributed by atoms with Gasteiger partial charge in [0.2, 0.25) is 0 Å². The number of anilines is 2. The average Bonchev–Trinajstić information content (AvgIpc) is 3.62. The SMILES string of the molecule is C1=CC2C(c3ccccc3N2c2ccc(-c3ccccc3)cc2)c2c1n(-c1cccc(-c3ccccc3)c1)c1ccccc21. The highest BCUT2D eigenvalue weighted by molar-refractivity contribution is 5.94. The van der Waals surface area contributed by atoms with E-state index in [1.165, 1.54) is 67.0 Å². The van der Waals surface area contributed by atoms with Crippen molar-refractivity contribution in [2.45, 2.75) is 12.0 Å². The fourth-order valence-corrected chi connectivity index (χ4v) is 7.44. The first-order valence-electron chi connectivity index (χ1n) is 15.4. The Balaban J connectivity index is 1.20. The van der Waals surface area contributed by atoms with Crippen LogP contribution in [0.2, 0.25) is 0 Å². The lowest BCUT2D eigenvalue weighted by atomic mass is 9.82. The molecule has 2 aliphatic rings. The van der Waals surface area contributed by atoms with Crippen molar-refractivity contribution in [1.82, 2.24) is 4.57 Å². The van der Waals surface area contributed by atoms with Crippen molar-refractivity contribution >= 4 is 28.4 Å². The highest BCUT2D eigenvalue weighted by atomic mass is 15.2. The Labute approximate surface area is 257 Å². The smallest absolute Gasteiger partial charge is 0.0637 e. The summed E-state index contributed by atoms with van der Waals surface area (Å²) in [5.74, 6) is 0.225. The van der Waals surface area contributed by atoms with E-state index in [1.54, 1.807) is 0 Å². The van der Waals surface area contributed by atoms with Crippen LogP contribution in [0.4, 0.5) is 11.4 Å². The Kier molecular flexibility index (Phi) is 5.67. The minimum Gasteiger partial charge on any atom is -0.333 e. The molecule has 2 heterocycles. The van der Waals surface area contributed by atoms with Gasteiger partial charge in [0.1, 0.15) is 0 Å². The number of rotatable bonds is 4. The van der Waals surface area contributed by atoms with Gasteiger partial charge in [0.05, 0.1) is 17.3 Å². The van der Waals surface area contributed by atoms with Crippen molar-refractivity contribution < 1.29 is 0 Å². The van der Waals surface area contributed by atoms with Crippen LogP contribution in [0.25, 0.3) is 44.9 Å². The first kappa shape index (κ1) is 24.9. The van der Waals surface area contributed by atoms with Crippen LogP contribution < -0.4 is 4.90 Å². The molecule has 44 heavy (non-hydrogen) atoms. The molecule has 2 heteroatoms. The van der Waals surface area contributed by atoms with Crippen molar-refractivity contribution in [3.63, 3.8) is 0 Å². The van der Waals surface area contributed by atoms with E-state index in [1.807, 2.05) is 0 Å². The van der Waals surface area contributed by atoms with Crippen molar-refractivity contribution in [2.75, 3.05) is 4.90 Å².